The predicted molar refractivity (Wildman–Crippen MR) is 95.9 cm³/mol. The highest BCUT2D eigenvalue weighted by Crippen LogP contribution is 2.37. The minimum Gasteiger partial charge on any atom is -0.495 e. The molecule has 1 heterocycles. The number of ketones is 1. The summed E-state index contributed by atoms with van der Waals surface area (Å²) in [4.78, 5) is 30.0. The van der Waals surface area contributed by atoms with Crippen LogP contribution in [0.15, 0.2) is 36.5 Å². The van der Waals surface area contributed by atoms with Gasteiger partial charge in [-0.2, -0.15) is 0 Å². The van der Waals surface area contributed by atoms with Crippen molar-refractivity contribution in [3.8, 4) is 5.75 Å². The van der Waals surface area contributed by atoms with E-state index in [1.54, 1.807) is 45.0 Å². The molecule has 0 radical (unpaired) electrons. The van der Waals surface area contributed by atoms with Gasteiger partial charge in [0, 0.05) is 11.7 Å². The van der Waals surface area contributed by atoms with Crippen LogP contribution in [-0.2, 0) is 0 Å². The minimum absolute atomic E-state index is 0.165. The molecule has 0 spiro atoms. The van der Waals surface area contributed by atoms with Gasteiger partial charge in [0.25, 0.3) is 0 Å². The zero-order valence-electron chi connectivity index (χ0n) is 14.4. The predicted octanol–water partition coefficient (Wildman–Crippen LogP) is 4.26. The molecule has 0 aliphatic rings. The van der Waals surface area contributed by atoms with Gasteiger partial charge in [0.1, 0.15) is 17.1 Å². The molecule has 0 saturated heterocycles. The lowest BCUT2D eigenvalue weighted by Gasteiger charge is -2.35. The molecule has 0 aliphatic heterocycles. The number of hydrogen-bond donors (Lipinski definition) is 1. The molecule has 1 N–H and O–H groups in total. The summed E-state index contributed by atoms with van der Waals surface area (Å²) in [6, 6.07) is 7.85. The number of nitrogens with zero attached hydrogens (tertiary/aromatic N) is 2. The van der Waals surface area contributed by atoms with Crippen LogP contribution in [0.1, 0.15) is 36.8 Å². The van der Waals surface area contributed by atoms with Crippen molar-refractivity contribution in [2.75, 3.05) is 12.0 Å². The van der Waals surface area contributed by atoms with Crippen LogP contribution in [0.5, 0.6) is 5.75 Å². The lowest BCUT2D eigenvalue weighted by atomic mass is 9.99. The van der Waals surface area contributed by atoms with E-state index in [1.807, 2.05) is 0 Å². The van der Waals surface area contributed by atoms with Crippen molar-refractivity contribution >= 4 is 29.2 Å². The Bertz CT molecular complexity index is 798. The molecule has 1 amide bonds. The number of anilines is 1. The fourth-order valence-electron chi connectivity index (χ4n) is 2.47. The van der Waals surface area contributed by atoms with Crippen LogP contribution in [0, 0.1) is 0 Å². The molecule has 0 atom stereocenters. The normalized spacial score (nSPS) is 11.1. The highest BCUT2D eigenvalue weighted by Gasteiger charge is 2.34. The third-order valence-electron chi connectivity index (χ3n) is 3.51. The zero-order chi connectivity index (χ0) is 18.8. The van der Waals surface area contributed by atoms with Crippen LogP contribution < -0.4 is 9.64 Å². The first kappa shape index (κ1) is 18.7. The number of halogens is 1. The van der Waals surface area contributed by atoms with Gasteiger partial charge in [0.15, 0.2) is 0 Å². The van der Waals surface area contributed by atoms with Gasteiger partial charge in [-0.3, -0.25) is 14.7 Å². The van der Waals surface area contributed by atoms with Crippen LogP contribution in [0.4, 0.5) is 10.5 Å². The first-order valence-corrected chi connectivity index (χ1v) is 7.91. The third-order valence-corrected chi connectivity index (χ3v) is 3.73. The molecular weight excluding hydrogens is 344 g/mol. The summed E-state index contributed by atoms with van der Waals surface area (Å²) in [5.74, 6) is -0.127. The smallest absolute Gasteiger partial charge is 0.412 e. The van der Waals surface area contributed by atoms with Gasteiger partial charge < -0.3 is 9.84 Å². The number of para-hydroxylation sites is 1. The molecule has 7 heteroatoms. The lowest BCUT2D eigenvalue weighted by Crippen LogP contribution is -2.46. The van der Waals surface area contributed by atoms with E-state index in [2.05, 4.69) is 4.98 Å². The van der Waals surface area contributed by atoms with E-state index >= 15 is 0 Å². The van der Waals surface area contributed by atoms with E-state index in [0.717, 1.165) is 4.90 Å². The largest absolute Gasteiger partial charge is 0.495 e. The van der Waals surface area contributed by atoms with Crippen molar-refractivity contribution < 1.29 is 19.4 Å². The van der Waals surface area contributed by atoms with Crippen LogP contribution in [0.25, 0.3) is 0 Å². The maximum absolute atomic E-state index is 12.9. The van der Waals surface area contributed by atoms with E-state index in [9.17, 15) is 14.7 Å². The number of hydrogen-bond acceptors (Lipinski definition) is 4. The average Bonchev–Trinajstić information content (AvgIpc) is 2.53. The number of amides is 1. The number of benzene rings is 1. The molecule has 2 rings (SSSR count). The number of methoxy groups -OCH3 is 1. The van der Waals surface area contributed by atoms with Crippen molar-refractivity contribution in [1.82, 2.24) is 4.98 Å². The molecule has 0 saturated carbocycles. The van der Waals surface area contributed by atoms with E-state index in [1.165, 1.54) is 19.4 Å². The maximum Gasteiger partial charge on any atom is 0.412 e. The van der Waals surface area contributed by atoms with Gasteiger partial charge in [-0.05, 0) is 45.0 Å². The number of carbonyl (C=O) groups excluding carboxylic acids is 1. The molecular formula is C18H19ClN2O4. The molecule has 1 aromatic carbocycles. The van der Waals surface area contributed by atoms with E-state index < -0.39 is 17.4 Å². The van der Waals surface area contributed by atoms with E-state index in [-0.39, 0.29) is 22.7 Å². The highest BCUT2D eigenvalue weighted by atomic mass is 35.5. The Morgan fingerprint density at radius 3 is 2.36 bits per heavy atom. The van der Waals surface area contributed by atoms with E-state index in [0.29, 0.717) is 5.02 Å². The molecule has 0 unspecified atom stereocenters. The van der Waals surface area contributed by atoms with Crippen LogP contribution in [0.2, 0.25) is 5.02 Å². The number of ether oxygens (including phenoxy) is 1. The number of rotatable bonds is 4. The second-order valence-electron chi connectivity index (χ2n) is 6.34. The molecule has 132 valence electrons. The number of aromatic nitrogens is 1. The summed E-state index contributed by atoms with van der Waals surface area (Å²) in [7, 11) is 1.43. The first-order valence-electron chi connectivity index (χ1n) is 7.53. The fraction of sp³-hybridized carbons (Fsp3) is 0.278. The second-order valence-corrected chi connectivity index (χ2v) is 6.77. The summed E-state index contributed by atoms with van der Waals surface area (Å²) < 4.78 is 5.32. The molecule has 1 aromatic heterocycles. The molecule has 0 aliphatic carbocycles. The second kappa shape index (κ2) is 7.11. The fourth-order valence-corrected chi connectivity index (χ4v) is 2.58. The summed E-state index contributed by atoms with van der Waals surface area (Å²) in [6.45, 7) is 5.22. The Morgan fingerprint density at radius 2 is 1.88 bits per heavy atom. The molecule has 0 fully saturated rings. The Morgan fingerprint density at radius 1 is 1.20 bits per heavy atom. The number of pyridine rings is 1. The quantitative estimate of drug-likeness (QED) is 0.822. The van der Waals surface area contributed by atoms with Gasteiger partial charge in [-0.1, -0.05) is 17.7 Å². The molecule has 2 aromatic rings. The van der Waals surface area contributed by atoms with Gasteiger partial charge in [0.05, 0.1) is 17.7 Å². The Balaban J connectivity index is 2.68. The molecule has 25 heavy (non-hydrogen) atoms. The zero-order valence-corrected chi connectivity index (χ0v) is 15.2. The van der Waals surface area contributed by atoms with Gasteiger partial charge >= 0.3 is 6.09 Å². The summed E-state index contributed by atoms with van der Waals surface area (Å²) >= 11 is 5.81. The van der Waals surface area contributed by atoms with E-state index in [4.69, 9.17) is 16.3 Å². The van der Waals surface area contributed by atoms with Crippen LogP contribution >= 0.6 is 11.6 Å². The average molecular weight is 363 g/mol. The minimum atomic E-state index is -1.19. The third kappa shape index (κ3) is 3.91. The van der Waals surface area contributed by atoms with Crippen LogP contribution in [0.3, 0.4) is 0 Å². The maximum atomic E-state index is 12.9. The number of carbonyl (C=O) groups is 2. The van der Waals surface area contributed by atoms with Crippen molar-refractivity contribution in [3.05, 3.63) is 52.8 Å². The van der Waals surface area contributed by atoms with Crippen molar-refractivity contribution in [2.45, 2.75) is 26.3 Å². The highest BCUT2D eigenvalue weighted by molar-refractivity contribution is 6.30. The Hall–Kier alpha value is -2.60. The SMILES string of the molecule is COc1cccc(C(=O)c2ccc(Cl)cn2)c1N(C(=O)O)C(C)(C)C. The van der Waals surface area contributed by atoms with Gasteiger partial charge in [-0.15, -0.1) is 0 Å². The van der Waals surface area contributed by atoms with Gasteiger partial charge in [-0.25, -0.2) is 4.79 Å². The molecule has 0 bridgehead atoms. The van der Waals surface area contributed by atoms with Crippen LogP contribution in [-0.4, -0.2) is 34.6 Å². The monoisotopic (exact) mass is 362 g/mol. The Kier molecular flexibility index (Phi) is 5.33. The standard InChI is InChI=1S/C18H19ClN2O4/c1-18(2,3)21(17(23)24)15-12(6-5-7-14(15)25-4)16(22)13-9-8-11(19)10-20-13/h5-10H,1-4H3,(H,23,24). The summed E-state index contributed by atoms with van der Waals surface area (Å²) in [5, 5.41) is 10.1. The summed E-state index contributed by atoms with van der Waals surface area (Å²) in [6.07, 6.45) is 0.183. The van der Waals surface area contributed by atoms with Gasteiger partial charge in [0.2, 0.25) is 5.78 Å². The summed E-state index contributed by atoms with van der Waals surface area (Å²) in [5.41, 5.74) is -0.250. The molecule has 6 nitrogen and oxygen atoms in total. The van der Waals surface area contributed by atoms with Crippen molar-refractivity contribution in [2.24, 2.45) is 0 Å². The van der Waals surface area contributed by atoms with Crippen molar-refractivity contribution in [3.63, 3.8) is 0 Å². The Labute approximate surface area is 151 Å². The lowest BCUT2D eigenvalue weighted by molar-refractivity contribution is 0.103. The number of carboxylic acid groups (broad SMARTS) is 1. The van der Waals surface area contributed by atoms with Crippen molar-refractivity contribution in [1.29, 1.82) is 0 Å². The first-order chi connectivity index (χ1) is 11.7. The topological polar surface area (TPSA) is 79.7 Å².